The van der Waals surface area contributed by atoms with Crippen LogP contribution in [0.1, 0.15) is 31.8 Å². The van der Waals surface area contributed by atoms with Crippen molar-refractivity contribution in [3.05, 3.63) is 77.0 Å². The molecular formula is C17H9NO2. The Balaban J connectivity index is 2.14. The average molecular weight is 259 g/mol. The molecule has 3 heteroatoms. The first-order chi connectivity index (χ1) is 9.77. The van der Waals surface area contributed by atoms with E-state index >= 15 is 0 Å². The molecular weight excluding hydrogens is 250 g/mol. The fraction of sp³-hybridized carbons (Fsp3) is 0. The molecule has 1 aliphatic rings. The number of para-hydroxylation sites is 1. The number of benzene rings is 2. The lowest BCUT2D eigenvalue weighted by atomic mass is 9.83. The minimum absolute atomic E-state index is 0.103. The Hall–Kier alpha value is -2.81. The summed E-state index contributed by atoms with van der Waals surface area (Å²) in [5.74, 6) is -0.234. The van der Waals surface area contributed by atoms with Crippen LogP contribution in [-0.2, 0) is 0 Å². The van der Waals surface area contributed by atoms with Gasteiger partial charge in [-0.05, 0) is 6.07 Å². The second-order valence-corrected chi connectivity index (χ2v) is 4.77. The highest BCUT2D eigenvalue weighted by Crippen LogP contribution is 2.31. The van der Waals surface area contributed by atoms with Gasteiger partial charge in [-0.2, -0.15) is 0 Å². The van der Waals surface area contributed by atoms with Crippen molar-refractivity contribution in [3.8, 4) is 0 Å². The summed E-state index contributed by atoms with van der Waals surface area (Å²) in [5, 5.41) is 0.734. The number of ketones is 2. The molecule has 0 aliphatic heterocycles. The molecule has 1 aliphatic carbocycles. The van der Waals surface area contributed by atoms with Crippen LogP contribution in [0.3, 0.4) is 0 Å². The number of nitrogens with zero attached hydrogens (tertiary/aromatic N) is 1. The quantitative estimate of drug-likeness (QED) is 0.487. The molecule has 3 aromatic rings. The highest BCUT2D eigenvalue weighted by Gasteiger charge is 2.31. The highest BCUT2D eigenvalue weighted by atomic mass is 16.1. The van der Waals surface area contributed by atoms with E-state index in [1.807, 2.05) is 24.3 Å². The fourth-order valence-corrected chi connectivity index (χ4v) is 2.72. The third kappa shape index (κ3) is 1.32. The first-order valence-corrected chi connectivity index (χ1v) is 6.33. The van der Waals surface area contributed by atoms with E-state index in [9.17, 15) is 9.59 Å². The molecule has 2 aromatic carbocycles. The zero-order chi connectivity index (χ0) is 13.7. The van der Waals surface area contributed by atoms with Crippen LogP contribution >= 0.6 is 0 Å². The van der Waals surface area contributed by atoms with Crippen molar-refractivity contribution in [3.63, 3.8) is 0 Å². The third-order valence-corrected chi connectivity index (χ3v) is 3.66. The smallest absolute Gasteiger partial charge is 0.196 e. The number of hydrogen-bond donors (Lipinski definition) is 0. The number of pyridine rings is 1. The summed E-state index contributed by atoms with van der Waals surface area (Å²) in [6.45, 7) is 0. The molecule has 94 valence electrons. The summed E-state index contributed by atoms with van der Waals surface area (Å²) >= 11 is 0. The summed E-state index contributed by atoms with van der Waals surface area (Å²) in [4.78, 5) is 29.5. The van der Waals surface area contributed by atoms with Crippen molar-refractivity contribution in [1.82, 2.24) is 4.98 Å². The van der Waals surface area contributed by atoms with Crippen LogP contribution in [0.15, 0.2) is 54.7 Å². The van der Waals surface area contributed by atoms with Crippen LogP contribution in [0.5, 0.6) is 0 Å². The van der Waals surface area contributed by atoms with E-state index in [1.165, 1.54) is 6.20 Å². The molecule has 3 nitrogen and oxygen atoms in total. The Morgan fingerprint density at radius 2 is 1.35 bits per heavy atom. The van der Waals surface area contributed by atoms with Gasteiger partial charge in [0.05, 0.1) is 11.1 Å². The van der Waals surface area contributed by atoms with Gasteiger partial charge in [0.15, 0.2) is 11.6 Å². The molecule has 0 saturated heterocycles. The molecule has 0 unspecified atom stereocenters. The Morgan fingerprint density at radius 3 is 2.15 bits per heavy atom. The number of aromatic nitrogens is 1. The lowest BCUT2D eigenvalue weighted by Crippen LogP contribution is -2.21. The van der Waals surface area contributed by atoms with Gasteiger partial charge >= 0.3 is 0 Å². The lowest BCUT2D eigenvalue weighted by Gasteiger charge is -2.18. The predicted molar refractivity (Wildman–Crippen MR) is 75.1 cm³/mol. The summed E-state index contributed by atoms with van der Waals surface area (Å²) in [5.41, 5.74) is 2.53. The van der Waals surface area contributed by atoms with Crippen molar-refractivity contribution in [1.29, 1.82) is 0 Å². The summed E-state index contributed by atoms with van der Waals surface area (Å²) < 4.78 is 0. The van der Waals surface area contributed by atoms with Gasteiger partial charge in [0, 0.05) is 28.3 Å². The van der Waals surface area contributed by atoms with Gasteiger partial charge in [0.25, 0.3) is 0 Å². The maximum Gasteiger partial charge on any atom is 0.196 e. The Labute approximate surface area is 114 Å². The van der Waals surface area contributed by atoms with E-state index in [4.69, 9.17) is 0 Å². The van der Waals surface area contributed by atoms with Gasteiger partial charge in [-0.15, -0.1) is 0 Å². The first-order valence-electron chi connectivity index (χ1n) is 6.33. The van der Waals surface area contributed by atoms with Gasteiger partial charge < -0.3 is 0 Å². The monoisotopic (exact) mass is 259 g/mol. The number of carbonyl (C=O) groups excluding carboxylic acids is 2. The topological polar surface area (TPSA) is 47.0 Å². The third-order valence-electron chi connectivity index (χ3n) is 3.66. The molecule has 0 bridgehead atoms. The van der Waals surface area contributed by atoms with Gasteiger partial charge in [-0.1, -0.05) is 42.5 Å². The van der Waals surface area contributed by atoms with Gasteiger partial charge in [-0.3, -0.25) is 14.6 Å². The standard InChI is InChI=1S/C17H9NO2/c19-16-10-5-1-2-6-11(10)17(20)15-12-7-3-4-8-14(12)18-9-13(15)16/h1-9H. The zero-order valence-electron chi connectivity index (χ0n) is 10.5. The van der Waals surface area contributed by atoms with E-state index < -0.39 is 0 Å². The number of hydrogen-bond acceptors (Lipinski definition) is 3. The summed E-state index contributed by atoms with van der Waals surface area (Å²) in [7, 11) is 0. The van der Waals surface area contributed by atoms with E-state index in [-0.39, 0.29) is 11.6 Å². The van der Waals surface area contributed by atoms with Crippen molar-refractivity contribution >= 4 is 22.5 Å². The summed E-state index contributed by atoms with van der Waals surface area (Å²) in [6, 6.07) is 14.3. The van der Waals surface area contributed by atoms with E-state index in [0.29, 0.717) is 22.3 Å². The van der Waals surface area contributed by atoms with E-state index in [1.54, 1.807) is 24.3 Å². The van der Waals surface area contributed by atoms with Crippen LogP contribution in [-0.4, -0.2) is 16.6 Å². The van der Waals surface area contributed by atoms with Crippen LogP contribution in [0.2, 0.25) is 0 Å². The lowest BCUT2D eigenvalue weighted by molar-refractivity contribution is 0.0980. The molecule has 0 amide bonds. The SMILES string of the molecule is O=C1c2ccccc2C(=O)c2c1cnc1ccccc21. The second kappa shape index (κ2) is 3.84. The van der Waals surface area contributed by atoms with Crippen LogP contribution in [0.4, 0.5) is 0 Å². The average Bonchev–Trinajstić information content (AvgIpc) is 2.51. The zero-order valence-corrected chi connectivity index (χ0v) is 10.5. The minimum atomic E-state index is -0.131. The Morgan fingerprint density at radius 1 is 0.700 bits per heavy atom. The first kappa shape index (κ1) is 11.1. The number of carbonyl (C=O) groups is 2. The minimum Gasteiger partial charge on any atom is -0.289 e. The van der Waals surface area contributed by atoms with E-state index in [0.717, 1.165) is 10.9 Å². The Kier molecular flexibility index (Phi) is 2.12. The summed E-state index contributed by atoms with van der Waals surface area (Å²) in [6.07, 6.45) is 1.51. The van der Waals surface area contributed by atoms with E-state index in [2.05, 4.69) is 4.98 Å². The molecule has 1 aromatic heterocycles. The second-order valence-electron chi connectivity index (χ2n) is 4.77. The molecule has 0 N–H and O–H groups in total. The Bertz CT molecular complexity index is 896. The van der Waals surface area contributed by atoms with Gasteiger partial charge in [-0.25, -0.2) is 0 Å². The molecule has 0 fully saturated rings. The maximum atomic E-state index is 12.7. The number of fused-ring (bicyclic) bond motifs is 4. The predicted octanol–water partition coefficient (Wildman–Crippen LogP) is 3.01. The van der Waals surface area contributed by atoms with Crippen molar-refractivity contribution in [2.24, 2.45) is 0 Å². The van der Waals surface area contributed by atoms with Crippen molar-refractivity contribution in [2.75, 3.05) is 0 Å². The molecule has 0 spiro atoms. The van der Waals surface area contributed by atoms with Crippen LogP contribution in [0, 0.1) is 0 Å². The molecule has 20 heavy (non-hydrogen) atoms. The normalized spacial score (nSPS) is 13.2. The van der Waals surface area contributed by atoms with Crippen molar-refractivity contribution in [2.45, 2.75) is 0 Å². The molecule has 0 saturated carbocycles. The molecule has 0 radical (unpaired) electrons. The van der Waals surface area contributed by atoms with Gasteiger partial charge in [0.2, 0.25) is 0 Å². The van der Waals surface area contributed by atoms with Crippen LogP contribution in [0.25, 0.3) is 10.9 Å². The van der Waals surface area contributed by atoms with Crippen molar-refractivity contribution < 1.29 is 9.59 Å². The molecule has 0 atom stereocenters. The largest absolute Gasteiger partial charge is 0.289 e. The van der Waals surface area contributed by atoms with Gasteiger partial charge in [0.1, 0.15) is 0 Å². The maximum absolute atomic E-state index is 12.7. The fourth-order valence-electron chi connectivity index (χ4n) is 2.72. The highest BCUT2D eigenvalue weighted by molar-refractivity contribution is 6.31. The van der Waals surface area contributed by atoms with Crippen LogP contribution < -0.4 is 0 Å². The molecule has 1 heterocycles. The molecule has 4 rings (SSSR count). The number of rotatable bonds is 0.